The van der Waals surface area contributed by atoms with Gasteiger partial charge < -0.3 is 10.0 Å². The molecule has 0 spiro atoms. The number of hydrogen-bond donors (Lipinski definition) is 1. The molecule has 0 radical (unpaired) electrons. The third kappa shape index (κ3) is 2.65. The number of aromatic nitrogens is 2. The minimum absolute atomic E-state index is 0.134. The number of carboxylic acids is 1. The molecule has 1 heterocycles. The molecule has 15 heavy (non-hydrogen) atoms. The number of aliphatic carboxylic acids is 1. The van der Waals surface area contributed by atoms with Crippen LogP contribution >= 0.6 is 11.5 Å². The summed E-state index contributed by atoms with van der Waals surface area (Å²) in [4.78, 5) is 16.6. The van der Waals surface area contributed by atoms with Crippen molar-refractivity contribution in [3.63, 3.8) is 0 Å². The molecule has 2 rings (SSSR count). The first kappa shape index (κ1) is 10.4. The zero-order chi connectivity index (χ0) is 10.8. The predicted molar refractivity (Wildman–Crippen MR) is 57.4 cm³/mol. The third-order valence-electron chi connectivity index (χ3n) is 2.36. The Bertz CT molecular complexity index is 362. The van der Waals surface area contributed by atoms with E-state index in [1.54, 1.807) is 0 Å². The van der Waals surface area contributed by atoms with E-state index in [4.69, 9.17) is 5.11 Å². The fraction of sp³-hybridized carbons (Fsp3) is 0.667. The van der Waals surface area contributed by atoms with Gasteiger partial charge in [-0.2, -0.15) is 4.37 Å². The summed E-state index contributed by atoms with van der Waals surface area (Å²) in [5.74, 6) is 0.703. The highest BCUT2D eigenvalue weighted by molar-refractivity contribution is 7.09. The smallest absolute Gasteiger partial charge is 0.305 e. The Labute approximate surface area is 91.9 Å². The van der Waals surface area contributed by atoms with Crippen molar-refractivity contribution >= 4 is 22.6 Å². The Morgan fingerprint density at radius 2 is 2.40 bits per heavy atom. The average Bonchev–Trinajstić information content (AvgIpc) is 2.93. The summed E-state index contributed by atoms with van der Waals surface area (Å²) in [6.45, 7) is 0.481. The summed E-state index contributed by atoms with van der Waals surface area (Å²) in [7, 11) is 1.85. The molecule has 1 fully saturated rings. The molecule has 0 amide bonds. The Kier molecular flexibility index (Phi) is 2.86. The summed E-state index contributed by atoms with van der Waals surface area (Å²) in [6.07, 6.45) is 2.51. The first-order valence-corrected chi connectivity index (χ1v) is 5.70. The van der Waals surface area contributed by atoms with E-state index < -0.39 is 5.97 Å². The minimum Gasteiger partial charge on any atom is -0.481 e. The van der Waals surface area contributed by atoms with Crippen molar-refractivity contribution in [3.05, 3.63) is 5.82 Å². The number of nitrogens with zero attached hydrogens (tertiary/aromatic N) is 3. The zero-order valence-corrected chi connectivity index (χ0v) is 9.33. The highest BCUT2D eigenvalue weighted by Gasteiger charge is 2.28. The van der Waals surface area contributed by atoms with Crippen LogP contribution in [0.4, 0.5) is 5.13 Å². The van der Waals surface area contributed by atoms with Crippen LogP contribution in [0, 0.1) is 0 Å². The van der Waals surface area contributed by atoms with Gasteiger partial charge in [0.15, 0.2) is 0 Å². The second-order valence-corrected chi connectivity index (χ2v) is 4.51. The number of carbonyl (C=O) groups is 1. The van der Waals surface area contributed by atoms with Crippen molar-refractivity contribution in [1.29, 1.82) is 0 Å². The van der Waals surface area contributed by atoms with Gasteiger partial charge in [-0.1, -0.05) is 0 Å². The number of carboxylic acid groups (broad SMARTS) is 1. The van der Waals surface area contributed by atoms with Gasteiger partial charge in [0.1, 0.15) is 5.82 Å². The standard InChI is InChI=1S/C9H13N3O2S/c1-12(5-4-7(13)14)9-10-8(11-15-9)6-2-3-6/h6H,2-5H2,1H3,(H,13,14). The lowest BCUT2D eigenvalue weighted by molar-refractivity contribution is -0.136. The number of anilines is 1. The van der Waals surface area contributed by atoms with Crippen molar-refractivity contribution < 1.29 is 9.90 Å². The minimum atomic E-state index is -0.784. The number of rotatable bonds is 5. The van der Waals surface area contributed by atoms with E-state index in [1.807, 2.05) is 11.9 Å². The van der Waals surface area contributed by atoms with Crippen molar-refractivity contribution in [2.75, 3.05) is 18.5 Å². The van der Waals surface area contributed by atoms with E-state index in [9.17, 15) is 4.79 Å². The molecule has 6 heteroatoms. The molecule has 1 aliphatic carbocycles. The molecule has 0 unspecified atom stereocenters. The molecule has 0 saturated heterocycles. The molecule has 5 nitrogen and oxygen atoms in total. The van der Waals surface area contributed by atoms with Gasteiger partial charge >= 0.3 is 5.97 Å². The molecular weight excluding hydrogens is 214 g/mol. The molecule has 0 atom stereocenters. The average molecular weight is 227 g/mol. The van der Waals surface area contributed by atoms with E-state index in [0.29, 0.717) is 12.5 Å². The molecule has 1 saturated carbocycles. The van der Waals surface area contributed by atoms with Crippen molar-refractivity contribution in [3.8, 4) is 0 Å². The summed E-state index contributed by atoms with van der Waals surface area (Å²) in [5, 5.41) is 9.37. The lowest BCUT2D eigenvalue weighted by atomic mass is 10.4. The van der Waals surface area contributed by atoms with Crippen LogP contribution in [-0.4, -0.2) is 34.0 Å². The topological polar surface area (TPSA) is 66.3 Å². The molecular formula is C9H13N3O2S. The van der Waals surface area contributed by atoms with Crippen LogP contribution in [0.3, 0.4) is 0 Å². The fourth-order valence-corrected chi connectivity index (χ4v) is 1.98. The maximum absolute atomic E-state index is 10.4. The Morgan fingerprint density at radius 3 is 3.00 bits per heavy atom. The van der Waals surface area contributed by atoms with Crippen molar-refractivity contribution in [1.82, 2.24) is 9.36 Å². The SMILES string of the molecule is CN(CCC(=O)O)c1nc(C2CC2)ns1. The summed E-state index contributed by atoms with van der Waals surface area (Å²) in [5.41, 5.74) is 0. The summed E-state index contributed by atoms with van der Waals surface area (Å²) in [6, 6.07) is 0. The van der Waals surface area contributed by atoms with Crippen LogP contribution < -0.4 is 4.90 Å². The molecule has 0 aromatic carbocycles. The normalized spacial score (nSPS) is 15.3. The largest absolute Gasteiger partial charge is 0.481 e. The van der Waals surface area contributed by atoms with Crippen molar-refractivity contribution in [2.45, 2.75) is 25.2 Å². The monoisotopic (exact) mass is 227 g/mol. The Hall–Kier alpha value is -1.17. The maximum Gasteiger partial charge on any atom is 0.305 e. The molecule has 1 N–H and O–H groups in total. The number of hydrogen-bond acceptors (Lipinski definition) is 5. The predicted octanol–water partition coefficient (Wildman–Crippen LogP) is 1.33. The molecule has 1 aromatic heterocycles. The lowest BCUT2D eigenvalue weighted by Crippen LogP contribution is -2.20. The lowest BCUT2D eigenvalue weighted by Gasteiger charge is -2.12. The summed E-state index contributed by atoms with van der Waals surface area (Å²) >= 11 is 1.35. The fourth-order valence-electron chi connectivity index (χ4n) is 1.25. The molecule has 0 aliphatic heterocycles. The van der Waals surface area contributed by atoms with Gasteiger partial charge in [0, 0.05) is 31.0 Å². The van der Waals surface area contributed by atoms with Crippen LogP contribution in [-0.2, 0) is 4.79 Å². The Balaban J connectivity index is 1.92. The molecule has 0 bridgehead atoms. The van der Waals surface area contributed by atoms with Gasteiger partial charge in [-0.25, -0.2) is 4.98 Å². The van der Waals surface area contributed by atoms with Crippen LogP contribution in [0.1, 0.15) is 31.0 Å². The zero-order valence-electron chi connectivity index (χ0n) is 8.51. The van der Waals surface area contributed by atoms with Gasteiger partial charge in [0.25, 0.3) is 0 Å². The van der Waals surface area contributed by atoms with E-state index in [0.717, 1.165) is 11.0 Å². The van der Waals surface area contributed by atoms with Gasteiger partial charge in [-0.3, -0.25) is 4.79 Å². The Morgan fingerprint density at radius 1 is 1.67 bits per heavy atom. The van der Waals surface area contributed by atoms with Crippen LogP contribution in [0.2, 0.25) is 0 Å². The molecule has 1 aromatic rings. The quantitative estimate of drug-likeness (QED) is 0.822. The first-order chi connectivity index (χ1) is 7.16. The van der Waals surface area contributed by atoms with E-state index >= 15 is 0 Å². The van der Waals surface area contributed by atoms with Crippen LogP contribution in [0.25, 0.3) is 0 Å². The van der Waals surface area contributed by atoms with E-state index in [-0.39, 0.29) is 6.42 Å². The van der Waals surface area contributed by atoms with Crippen LogP contribution in [0.15, 0.2) is 0 Å². The van der Waals surface area contributed by atoms with Crippen molar-refractivity contribution in [2.24, 2.45) is 0 Å². The van der Waals surface area contributed by atoms with E-state index in [2.05, 4.69) is 9.36 Å². The van der Waals surface area contributed by atoms with Gasteiger partial charge in [0.2, 0.25) is 5.13 Å². The highest BCUT2D eigenvalue weighted by atomic mass is 32.1. The van der Waals surface area contributed by atoms with Gasteiger partial charge in [0.05, 0.1) is 6.42 Å². The van der Waals surface area contributed by atoms with E-state index in [1.165, 1.54) is 24.4 Å². The molecule has 1 aliphatic rings. The highest BCUT2D eigenvalue weighted by Crippen LogP contribution is 2.39. The second-order valence-electron chi connectivity index (χ2n) is 3.77. The summed E-state index contributed by atoms with van der Waals surface area (Å²) < 4.78 is 4.27. The second kappa shape index (κ2) is 4.14. The first-order valence-electron chi connectivity index (χ1n) is 4.93. The third-order valence-corrected chi connectivity index (χ3v) is 3.21. The van der Waals surface area contributed by atoms with Gasteiger partial charge in [-0.15, -0.1) is 0 Å². The molecule has 82 valence electrons. The maximum atomic E-state index is 10.4. The van der Waals surface area contributed by atoms with Gasteiger partial charge in [-0.05, 0) is 12.8 Å². The van der Waals surface area contributed by atoms with Crippen LogP contribution in [0.5, 0.6) is 0 Å².